The Kier molecular flexibility index (Phi) is 5.72. The van der Waals surface area contributed by atoms with E-state index in [1.165, 1.54) is 12.5 Å². The predicted octanol–water partition coefficient (Wildman–Crippen LogP) is 1.67. The smallest absolute Gasteiger partial charge is 0.271 e. The van der Waals surface area contributed by atoms with Crippen LogP contribution in [0.3, 0.4) is 0 Å². The van der Waals surface area contributed by atoms with Gasteiger partial charge in [0.2, 0.25) is 11.8 Å². The van der Waals surface area contributed by atoms with Gasteiger partial charge in [0.1, 0.15) is 18.1 Å². The number of amides is 2. The Labute approximate surface area is 167 Å². The van der Waals surface area contributed by atoms with Crippen molar-refractivity contribution in [3.63, 3.8) is 0 Å². The van der Waals surface area contributed by atoms with Crippen molar-refractivity contribution in [3.8, 4) is 11.5 Å². The highest BCUT2D eigenvalue weighted by Crippen LogP contribution is 2.24. The fourth-order valence-corrected chi connectivity index (χ4v) is 2.84. The Bertz CT molecular complexity index is 1000. The normalized spacial score (nSPS) is 11.7. The van der Waals surface area contributed by atoms with Crippen LogP contribution >= 0.6 is 0 Å². The molecule has 1 aromatic carbocycles. The molecule has 0 aliphatic carbocycles. The average molecular weight is 395 g/mol. The summed E-state index contributed by atoms with van der Waals surface area (Å²) >= 11 is 0. The summed E-state index contributed by atoms with van der Waals surface area (Å²) in [5.41, 5.74) is 12.3. The van der Waals surface area contributed by atoms with Crippen molar-refractivity contribution in [3.05, 3.63) is 48.6 Å². The fourth-order valence-electron chi connectivity index (χ4n) is 2.84. The van der Waals surface area contributed by atoms with Crippen LogP contribution in [0, 0.1) is 0 Å². The molecule has 0 aliphatic rings. The van der Waals surface area contributed by atoms with Crippen LogP contribution in [0.2, 0.25) is 0 Å². The maximum absolute atomic E-state index is 11.8. The molecule has 1 atom stereocenters. The van der Waals surface area contributed by atoms with Crippen molar-refractivity contribution in [2.45, 2.75) is 19.4 Å². The maximum atomic E-state index is 11.8. The van der Waals surface area contributed by atoms with E-state index in [1.807, 2.05) is 19.1 Å². The van der Waals surface area contributed by atoms with Crippen molar-refractivity contribution in [1.82, 2.24) is 15.0 Å². The van der Waals surface area contributed by atoms with Crippen LogP contribution in [0.1, 0.15) is 23.8 Å². The number of likely N-dealkylation sites (N-methyl/N-ethyl adjacent to an activating group) is 1. The van der Waals surface area contributed by atoms with Gasteiger partial charge in [0.05, 0.1) is 12.4 Å². The molecule has 10 heteroatoms. The van der Waals surface area contributed by atoms with E-state index < -0.39 is 17.9 Å². The highest BCUT2D eigenvalue weighted by Gasteiger charge is 2.22. The Morgan fingerprint density at radius 2 is 1.93 bits per heavy atom. The lowest BCUT2D eigenvalue weighted by atomic mass is 10.2. The van der Waals surface area contributed by atoms with Crippen molar-refractivity contribution in [2.75, 3.05) is 17.3 Å². The van der Waals surface area contributed by atoms with Gasteiger partial charge in [-0.3, -0.25) is 9.59 Å². The minimum atomic E-state index is -0.729. The van der Waals surface area contributed by atoms with Crippen molar-refractivity contribution in [2.24, 2.45) is 11.5 Å². The zero-order valence-electron chi connectivity index (χ0n) is 16.0. The van der Waals surface area contributed by atoms with Crippen LogP contribution in [0.25, 0.3) is 11.5 Å². The van der Waals surface area contributed by atoms with Gasteiger partial charge in [-0.05, 0) is 30.7 Å². The molecule has 0 saturated heterocycles. The first-order valence-electron chi connectivity index (χ1n) is 8.86. The first kappa shape index (κ1) is 19.8. The van der Waals surface area contributed by atoms with Crippen LogP contribution in [0.15, 0.2) is 47.3 Å². The number of rotatable bonds is 8. The van der Waals surface area contributed by atoms with E-state index in [9.17, 15) is 9.59 Å². The van der Waals surface area contributed by atoms with Crippen LogP contribution in [0.4, 0.5) is 17.3 Å². The molecule has 0 spiro atoms. The molecule has 0 saturated carbocycles. The summed E-state index contributed by atoms with van der Waals surface area (Å²) in [6.45, 7) is 1.84. The lowest BCUT2D eigenvalue weighted by Crippen LogP contribution is -2.42. The topological polar surface area (TPSA) is 153 Å². The number of anilines is 3. The SMILES string of the molecule is CCC(C(N)=O)N(C)c1cnc(C(N)=O)c(Nc2ccc(-c3ncco3)cc2)n1. The number of hydrogen-bond donors (Lipinski definition) is 3. The van der Waals surface area contributed by atoms with Gasteiger partial charge in [-0.15, -0.1) is 0 Å². The zero-order chi connectivity index (χ0) is 21.0. The fraction of sp³-hybridized carbons (Fsp3) is 0.211. The Hall–Kier alpha value is -3.95. The first-order valence-corrected chi connectivity index (χ1v) is 8.86. The number of oxazole rings is 1. The van der Waals surface area contributed by atoms with E-state index >= 15 is 0 Å². The van der Waals surface area contributed by atoms with Gasteiger partial charge in [0.15, 0.2) is 11.5 Å². The van der Waals surface area contributed by atoms with Crippen molar-refractivity contribution >= 4 is 29.1 Å². The number of aromatic nitrogens is 3. The molecule has 0 fully saturated rings. The zero-order valence-corrected chi connectivity index (χ0v) is 16.0. The number of nitrogens with zero attached hydrogens (tertiary/aromatic N) is 4. The first-order chi connectivity index (χ1) is 13.9. The second-order valence-electron chi connectivity index (χ2n) is 6.27. The molecule has 5 N–H and O–H groups in total. The van der Waals surface area contributed by atoms with Gasteiger partial charge in [-0.1, -0.05) is 6.92 Å². The molecule has 3 aromatic rings. The van der Waals surface area contributed by atoms with Crippen LogP contribution in [-0.2, 0) is 4.79 Å². The largest absolute Gasteiger partial charge is 0.445 e. The minimum absolute atomic E-state index is 0.0222. The third-order valence-corrected chi connectivity index (χ3v) is 4.36. The minimum Gasteiger partial charge on any atom is -0.445 e. The number of primary amides is 2. The molecule has 0 radical (unpaired) electrons. The number of nitrogens with one attached hydrogen (secondary N) is 1. The Balaban J connectivity index is 1.90. The molecule has 0 bridgehead atoms. The molecule has 150 valence electrons. The van der Waals surface area contributed by atoms with E-state index in [1.54, 1.807) is 30.3 Å². The summed E-state index contributed by atoms with van der Waals surface area (Å²) in [6, 6.07) is 6.61. The molecule has 1 unspecified atom stereocenters. The van der Waals surface area contributed by atoms with E-state index in [-0.39, 0.29) is 11.5 Å². The highest BCUT2D eigenvalue weighted by atomic mass is 16.3. The second kappa shape index (κ2) is 8.38. The summed E-state index contributed by atoms with van der Waals surface area (Å²) in [6.07, 6.45) is 4.93. The van der Waals surface area contributed by atoms with Gasteiger partial charge in [-0.25, -0.2) is 15.0 Å². The van der Waals surface area contributed by atoms with E-state index in [2.05, 4.69) is 20.3 Å². The molecule has 0 aliphatic heterocycles. The second-order valence-corrected chi connectivity index (χ2v) is 6.27. The van der Waals surface area contributed by atoms with Crippen LogP contribution < -0.4 is 21.7 Å². The number of hydrogen-bond acceptors (Lipinski definition) is 8. The molecule has 29 heavy (non-hydrogen) atoms. The van der Waals surface area contributed by atoms with Gasteiger partial charge < -0.3 is 26.1 Å². The van der Waals surface area contributed by atoms with Gasteiger partial charge >= 0.3 is 0 Å². The predicted molar refractivity (Wildman–Crippen MR) is 107 cm³/mol. The maximum Gasteiger partial charge on any atom is 0.271 e. The molecule has 2 heterocycles. The lowest BCUT2D eigenvalue weighted by molar-refractivity contribution is -0.119. The average Bonchev–Trinajstić information content (AvgIpc) is 3.23. The molecule has 2 amide bonds. The summed E-state index contributed by atoms with van der Waals surface area (Å²) in [7, 11) is 1.68. The Morgan fingerprint density at radius 3 is 2.48 bits per heavy atom. The molecule has 3 rings (SSSR count). The molecular weight excluding hydrogens is 374 g/mol. The third kappa shape index (κ3) is 4.32. The quantitative estimate of drug-likeness (QED) is 0.520. The summed E-state index contributed by atoms with van der Waals surface area (Å²) < 4.78 is 5.26. The monoisotopic (exact) mass is 395 g/mol. The van der Waals surface area contributed by atoms with Crippen molar-refractivity contribution < 1.29 is 14.0 Å². The third-order valence-electron chi connectivity index (χ3n) is 4.36. The van der Waals surface area contributed by atoms with Crippen LogP contribution in [0.5, 0.6) is 0 Å². The number of nitrogens with two attached hydrogens (primary N) is 2. The van der Waals surface area contributed by atoms with Crippen molar-refractivity contribution in [1.29, 1.82) is 0 Å². The van der Waals surface area contributed by atoms with Gasteiger partial charge in [0, 0.05) is 18.3 Å². The number of benzene rings is 1. The standard InChI is InChI=1S/C19H21N7O3/c1-3-13(16(20)27)26(2)14-10-23-15(17(21)28)18(25-14)24-12-6-4-11(5-7-12)19-22-8-9-29-19/h4-10,13H,3H2,1-2H3,(H2,20,27)(H2,21,28)(H,24,25). The Morgan fingerprint density at radius 1 is 1.21 bits per heavy atom. The summed E-state index contributed by atoms with van der Waals surface area (Å²) in [5, 5.41) is 3.04. The van der Waals surface area contributed by atoms with E-state index in [4.69, 9.17) is 15.9 Å². The van der Waals surface area contributed by atoms with Crippen LogP contribution in [-0.4, -0.2) is 39.9 Å². The van der Waals surface area contributed by atoms with Gasteiger partial charge in [0.25, 0.3) is 5.91 Å². The number of carbonyl (C=O) groups excluding carboxylic acids is 2. The molecule has 2 aromatic heterocycles. The van der Waals surface area contributed by atoms with Gasteiger partial charge in [-0.2, -0.15) is 0 Å². The lowest BCUT2D eigenvalue weighted by Gasteiger charge is -2.26. The summed E-state index contributed by atoms with van der Waals surface area (Å²) in [4.78, 5) is 37.7. The highest BCUT2D eigenvalue weighted by molar-refractivity contribution is 5.96. The molecular formula is C19H21N7O3. The molecule has 10 nitrogen and oxygen atoms in total. The summed E-state index contributed by atoms with van der Waals surface area (Å²) in [5.74, 6) is -0.167. The van der Waals surface area contributed by atoms with E-state index in [0.717, 1.165) is 5.56 Å². The van der Waals surface area contributed by atoms with E-state index in [0.29, 0.717) is 23.8 Å². The number of carbonyl (C=O) groups is 2.